The van der Waals surface area contributed by atoms with Gasteiger partial charge in [0, 0.05) is 12.3 Å². The monoisotopic (exact) mass is 415 g/mol. The van der Waals surface area contributed by atoms with Gasteiger partial charge in [-0.25, -0.2) is 0 Å². The van der Waals surface area contributed by atoms with E-state index in [0.29, 0.717) is 22.4 Å². The van der Waals surface area contributed by atoms with Crippen molar-refractivity contribution in [2.75, 3.05) is 6.61 Å². The number of hydrogen-bond acceptors (Lipinski definition) is 9. The van der Waals surface area contributed by atoms with Gasteiger partial charge in [-0.1, -0.05) is 6.07 Å². The molecule has 3 aromatic rings. The van der Waals surface area contributed by atoms with E-state index in [-0.39, 0.29) is 16.8 Å². The standard InChI is InChI=1S/C21H21NO8/c1-10-16(13-4-2-3-7-22-13)17(24)12-6-5-11(8-14(12)28-10)29-21-20(27)19(26)18(25)15(9-23)30-21/h2-8,15,18-21,23,25-27H,9H2,1H3/t15-,18+,19+,20-,21-/m0/s1. The lowest BCUT2D eigenvalue weighted by atomic mass is 9.99. The van der Waals surface area contributed by atoms with Crippen LogP contribution in [0.25, 0.3) is 22.2 Å². The molecule has 4 N–H and O–H groups in total. The second kappa shape index (κ2) is 8.13. The van der Waals surface area contributed by atoms with Crippen molar-refractivity contribution in [3.8, 4) is 17.0 Å². The van der Waals surface area contributed by atoms with Gasteiger partial charge in [-0.2, -0.15) is 0 Å². The first kappa shape index (κ1) is 20.5. The van der Waals surface area contributed by atoms with E-state index in [1.165, 1.54) is 18.2 Å². The highest BCUT2D eigenvalue weighted by molar-refractivity contribution is 5.83. The summed E-state index contributed by atoms with van der Waals surface area (Å²) >= 11 is 0. The highest BCUT2D eigenvalue weighted by atomic mass is 16.7. The second-order valence-corrected chi connectivity index (χ2v) is 7.05. The third kappa shape index (κ3) is 3.57. The molecule has 3 heterocycles. The number of aliphatic hydroxyl groups excluding tert-OH is 4. The summed E-state index contributed by atoms with van der Waals surface area (Å²) in [7, 11) is 0. The minimum absolute atomic E-state index is 0.208. The van der Waals surface area contributed by atoms with Gasteiger partial charge in [0.05, 0.1) is 23.3 Å². The van der Waals surface area contributed by atoms with E-state index in [1.54, 1.807) is 31.3 Å². The average molecular weight is 415 g/mol. The normalized spacial score (nSPS) is 26.6. The maximum absolute atomic E-state index is 13.0. The van der Waals surface area contributed by atoms with Crippen LogP contribution < -0.4 is 10.2 Å². The van der Waals surface area contributed by atoms with Gasteiger partial charge in [-0.15, -0.1) is 0 Å². The first-order valence-corrected chi connectivity index (χ1v) is 9.36. The lowest BCUT2D eigenvalue weighted by Gasteiger charge is -2.39. The minimum atomic E-state index is -1.55. The van der Waals surface area contributed by atoms with Crippen molar-refractivity contribution >= 4 is 11.0 Å². The Morgan fingerprint density at radius 2 is 1.90 bits per heavy atom. The summed E-state index contributed by atoms with van der Waals surface area (Å²) in [6, 6.07) is 9.74. The Kier molecular flexibility index (Phi) is 5.54. The Morgan fingerprint density at radius 3 is 2.60 bits per heavy atom. The van der Waals surface area contributed by atoms with Crippen molar-refractivity contribution in [1.29, 1.82) is 0 Å². The molecular weight excluding hydrogens is 394 g/mol. The van der Waals surface area contributed by atoms with Crippen LogP contribution in [-0.4, -0.2) is 62.7 Å². The summed E-state index contributed by atoms with van der Waals surface area (Å²) in [6.07, 6.45) is -5.41. The van der Waals surface area contributed by atoms with Crippen LogP contribution in [0.4, 0.5) is 0 Å². The zero-order chi connectivity index (χ0) is 21.4. The fraction of sp³-hybridized carbons (Fsp3) is 0.333. The summed E-state index contributed by atoms with van der Waals surface area (Å²) in [5, 5.41) is 39.5. The molecule has 1 aliphatic rings. The Balaban J connectivity index is 1.67. The van der Waals surface area contributed by atoms with Crippen LogP contribution in [0.3, 0.4) is 0 Å². The molecule has 1 fully saturated rings. The number of aryl methyl sites for hydroxylation is 1. The van der Waals surface area contributed by atoms with Crippen LogP contribution in [0.2, 0.25) is 0 Å². The summed E-state index contributed by atoms with van der Waals surface area (Å²) in [4.78, 5) is 17.2. The van der Waals surface area contributed by atoms with Crippen LogP contribution in [0.1, 0.15) is 5.76 Å². The third-order valence-corrected chi connectivity index (χ3v) is 5.06. The van der Waals surface area contributed by atoms with Crippen molar-refractivity contribution in [2.45, 2.75) is 37.6 Å². The molecule has 0 unspecified atom stereocenters. The zero-order valence-electron chi connectivity index (χ0n) is 16.0. The smallest absolute Gasteiger partial charge is 0.229 e. The lowest BCUT2D eigenvalue weighted by Crippen LogP contribution is -2.60. The van der Waals surface area contributed by atoms with Gasteiger partial charge < -0.3 is 34.3 Å². The topological polar surface area (TPSA) is 142 Å². The number of benzene rings is 1. The average Bonchev–Trinajstić information content (AvgIpc) is 2.74. The van der Waals surface area contributed by atoms with Gasteiger partial charge in [-0.3, -0.25) is 9.78 Å². The zero-order valence-corrected chi connectivity index (χ0v) is 16.0. The Bertz CT molecular complexity index is 1100. The molecule has 1 aromatic carbocycles. The molecule has 0 aliphatic carbocycles. The SMILES string of the molecule is Cc1oc2cc(O[C@H]3O[C@@H](CO)[C@@H](O)[C@@H](O)[C@@H]3O)ccc2c(=O)c1-c1ccccn1. The highest BCUT2D eigenvalue weighted by Gasteiger charge is 2.44. The first-order chi connectivity index (χ1) is 14.4. The number of pyridine rings is 1. The molecule has 0 bridgehead atoms. The van der Waals surface area contributed by atoms with Crippen LogP contribution in [0.5, 0.6) is 5.75 Å². The van der Waals surface area contributed by atoms with E-state index in [9.17, 15) is 25.2 Å². The Hall–Kier alpha value is -2.82. The predicted octanol–water partition coefficient (Wildman–Crippen LogP) is 0.342. The number of aliphatic hydroxyl groups is 4. The minimum Gasteiger partial charge on any atom is -0.462 e. The molecule has 9 heteroatoms. The van der Waals surface area contributed by atoms with E-state index in [0.717, 1.165) is 0 Å². The highest BCUT2D eigenvalue weighted by Crippen LogP contribution is 2.28. The quantitative estimate of drug-likeness (QED) is 0.474. The fourth-order valence-electron chi connectivity index (χ4n) is 3.46. The summed E-state index contributed by atoms with van der Waals surface area (Å²) in [5.74, 6) is 0.594. The third-order valence-electron chi connectivity index (χ3n) is 5.06. The Morgan fingerprint density at radius 1 is 1.10 bits per heavy atom. The van der Waals surface area contributed by atoms with Crippen molar-refractivity contribution in [3.05, 3.63) is 58.6 Å². The number of rotatable bonds is 4. The van der Waals surface area contributed by atoms with Crippen LogP contribution in [0, 0.1) is 6.92 Å². The molecule has 1 aliphatic heterocycles. The molecule has 158 valence electrons. The molecule has 4 rings (SSSR count). The van der Waals surface area contributed by atoms with E-state index in [4.69, 9.17) is 13.9 Å². The largest absolute Gasteiger partial charge is 0.462 e. The molecule has 30 heavy (non-hydrogen) atoms. The number of nitrogens with zero attached hydrogens (tertiary/aromatic N) is 1. The molecule has 0 amide bonds. The van der Waals surface area contributed by atoms with Crippen molar-refractivity contribution in [1.82, 2.24) is 4.98 Å². The maximum atomic E-state index is 13.0. The molecule has 1 saturated heterocycles. The van der Waals surface area contributed by atoms with E-state index >= 15 is 0 Å². The number of ether oxygens (including phenoxy) is 2. The summed E-state index contributed by atoms with van der Waals surface area (Å²) in [6.45, 7) is 1.10. The van der Waals surface area contributed by atoms with E-state index in [1.807, 2.05) is 0 Å². The molecular formula is C21H21NO8. The molecule has 5 atom stereocenters. The van der Waals surface area contributed by atoms with Crippen molar-refractivity contribution in [2.24, 2.45) is 0 Å². The molecule has 9 nitrogen and oxygen atoms in total. The van der Waals surface area contributed by atoms with Gasteiger partial charge in [0.2, 0.25) is 11.7 Å². The van der Waals surface area contributed by atoms with Gasteiger partial charge in [0.15, 0.2) is 0 Å². The predicted molar refractivity (Wildman–Crippen MR) is 105 cm³/mol. The van der Waals surface area contributed by atoms with Crippen molar-refractivity contribution in [3.63, 3.8) is 0 Å². The van der Waals surface area contributed by atoms with E-state index in [2.05, 4.69) is 4.98 Å². The number of fused-ring (bicyclic) bond motifs is 1. The summed E-state index contributed by atoms with van der Waals surface area (Å²) < 4.78 is 16.7. The lowest BCUT2D eigenvalue weighted by molar-refractivity contribution is -0.277. The van der Waals surface area contributed by atoms with Gasteiger partial charge >= 0.3 is 0 Å². The van der Waals surface area contributed by atoms with Crippen LogP contribution in [0.15, 0.2) is 51.8 Å². The van der Waals surface area contributed by atoms with Gasteiger partial charge in [0.25, 0.3) is 0 Å². The second-order valence-electron chi connectivity index (χ2n) is 7.05. The number of aromatic nitrogens is 1. The fourth-order valence-corrected chi connectivity index (χ4v) is 3.46. The summed E-state index contributed by atoms with van der Waals surface area (Å²) in [5.41, 5.74) is 0.893. The van der Waals surface area contributed by atoms with Crippen LogP contribution in [-0.2, 0) is 4.74 Å². The number of hydrogen-bond donors (Lipinski definition) is 4. The van der Waals surface area contributed by atoms with Crippen molar-refractivity contribution < 1.29 is 34.3 Å². The van der Waals surface area contributed by atoms with Gasteiger partial charge in [0.1, 0.15) is 41.5 Å². The molecule has 0 spiro atoms. The molecule has 0 radical (unpaired) electrons. The first-order valence-electron chi connectivity index (χ1n) is 9.36. The molecule has 0 saturated carbocycles. The van der Waals surface area contributed by atoms with E-state index < -0.39 is 37.3 Å². The van der Waals surface area contributed by atoms with Gasteiger partial charge in [-0.05, 0) is 31.2 Å². The van der Waals surface area contributed by atoms with Crippen LogP contribution >= 0.6 is 0 Å². The molecule has 2 aromatic heterocycles. The Labute approximate surface area is 170 Å². The maximum Gasteiger partial charge on any atom is 0.229 e.